The molecular weight excluding hydrogens is 305 g/mol. The van der Waals surface area contributed by atoms with Gasteiger partial charge in [0.05, 0.1) is 10.5 Å². The van der Waals surface area contributed by atoms with E-state index in [1.54, 1.807) is 6.08 Å². The largest absolute Gasteiger partial charge is 0.573 e. The van der Waals surface area contributed by atoms with Crippen LogP contribution in [-0.4, -0.2) is 25.3 Å². The van der Waals surface area contributed by atoms with E-state index in [0.717, 1.165) is 11.1 Å². The lowest BCUT2D eigenvalue weighted by Crippen LogP contribution is -2.26. The van der Waals surface area contributed by atoms with Gasteiger partial charge >= 0.3 is 6.36 Å². The standard InChI is InChI=1S/C14H13F3O3S/c15-14(16,17)20-11-3-1-9(2-4-11)10-7-12-5-6-13(8-10)21(12,18)19/h1-4,7,12-13H,5-6,8H2. The quantitative estimate of drug-likeness (QED) is 0.840. The first-order valence-electron chi connectivity index (χ1n) is 6.55. The minimum absolute atomic E-state index is 0.279. The van der Waals surface area contributed by atoms with Crippen molar-refractivity contribution in [3.63, 3.8) is 0 Å². The molecule has 1 saturated heterocycles. The first kappa shape index (κ1) is 14.4. The first-order chi connectivity index (χ1) is 9.75. The minimum atomic E-state index is -4.71. The molecule has 7 heteroatoms. The summed E-state index contributed by atoms with van der Waals surface area (Å²) in [6.45, 7) is 0. The van der Waals surface area contributed by atoms with Crippen LogP contribution < -0.4 is 4.74 Å². The number of sulfone groups is 1. The monoisotopic (exact) mass is 318 g/mol. The van der Waals surface area contributed by atoms with Crippen molar-refractivity contribution >= 4 is 15.4 Å². The van der Waals surface area contributed by atoms with Gasteiger partial charge in [0.15, 0.2) is 9.84 Å². The number of rotatable bonds is 2. The molecule has 21 heavy (non-hydrogen) atoms. The second-order valence-electron chi connectivity index (χ2n) is 5.30. The highest BCUT2D eigenvalue weighted by Crippen LogP contribution is 2.41. The summed E-state index contributed by atoms with van der Waals surface area (Å²) < 4.78 is 64.0. The smallest absolute Gasteiger partial charge is 0.406 e. The third-order valence-electron chi connectivity index (χ3n) is 3.95. The summed E-state index contributed by atoms with van der Waals surface area (Å²) in [7, 11) is -3.05. The Hall–Kier alpha value is -1.50. The Morgan fingerprint density at radius 2 is 1.76 bits per heavy atom. The second-order valence-corrected chi connectivity index (χ2v) is 7.75. The number of hydrogen-bond donors (Lipinski definition) is 0. The van der Waals surface area contributed by atoms with Crippen LogP contribution in [0.15, 0.2) is 30.3 Å². The van der Waals surface area contributed by atoms with Crippen LogP contribution in [0.3, 0.4) is 0 Å². The summed E-state index contributed by atoms with van der Waals surface area (Å²) in [6.07, 6.45) is -1.26. The number of halogens is 3. The van der Waals surface area contributed by atoms with Crippen LogP contribution in [0.2, 0.25) is 0 Å². The Morgan fingerprint density at radius 3 is 2.33 bits per heavy atom. The lowest BCUT2D eigenvalue weighted by Gasteiger charge is -2.20. The van der Waals surface area contributed by atoms with Crippen molar-refractivity contribution in [1.29, 1.82) is 0 Å². The zero-order valence-corrected chi connectivity index (χ0v) is 11.7. The van der Waals surface area contributed by atoms with Gasteiger partial charge in [-0.15, -0.1) is 13.2 Å². The lowest BCUT2D eigenvalue weighted by molar-refractivity contribution is -0.274. The van der Waals surface area contributed by atoms with E-state index in [2.05, 4.69) is 4.74 Å². The molecule has 0 aromatic heterocycles. The minimum Gasteiger partial charge on any atom is -0.406 e. The van der Waals surface area contributed by atoms with E-state index >= 15 is 0 Å². The number of allylic oxidation sites excluding steroid dienone is 1. The number of fused-ring (bicyclic) bond motifs is 2. The predicted molar refractivity (Wildman–Crippen MR) is 71.4 cm³/mol. The van der Waals surface area contributed by atoms with E-state index in [0.29, 0.717) is 19.3 Å². The molecule has 2 atom stereocenters. The van der Waals surface area contributed by atoms with E-state index in [-0.39, 0.29) is 11.0 Å². The molecule has 0 amide bonds. The van der Waals surface area contributed by atoms with Gasteiger partial charge in [-0.2, -0.15) is 0 Å². The van der Waals surface area contributed by atoms with Gasteiger partial charge in [-0.3, -0.25) is 0 Å². The summed E-state index contributed by atoms with van der Waals surface area (Å²) in [6, 6.07) is 5.55. The topological polar surface area (TPSA) is 43.4 Å². The van der Waals surface area contributed by atoms with Gasteiger partial charge in [0.25, 0.3) is 0 Å². The average Bonchev–Trinajstić information content (AvgIpc) is 2.58. The molecule has 1 fully saturated rings. The van der Waals surface area contributed by atoms with E-state index < -0.39 is 21.4 Å². The Bertz CT molecular complexity index is 674. The van der Waals surface area contributed by atoms with Gasteiger partial charge in [0.1, 0.15) is 5.75 Å². The molecule has 2 bridgehead atoms. The van der Waals surface area contributed by atoms with Crippen molar-refractivity contribution in [1.82, 2.24) is 0 Å². The van der Waals surface area contributed by atoms with Crippen molar-refractivity contribution in [2.24, 2.45) is 0 Å². The maximum atomic E-state index is 12.1. The fraction of sp³-hybridized carbons (Fsp3) is 0.429. The summed E-state index contributed by atoms with van der Waals surface area (Å²) in [5, 5.41) is -0.800. The molecule has 0 N–H and O–H groups in total. The number of alkyl halides is 3. The summed E-state index contributed by atoms with van der Waals surface area (Å²) in [5.41, 5.74) is 1.63. The van der Waals surface area contributed by atoms with Gasteiger partial charge in [-0.25, -0.2) is 8.42 Å². The van der Waals surface area contributed by atoms with Crippen molar-refractivity contribution in [2.45, 2.75) is 36.1 Å². The van der Waals surface area contributed by atoms with Crippen molar-refractivity contribution in [2.75, 3.05) is 0 Å². The highest BCUT2D eigenvalue weighted by atomic mass is 32.2. The lowest BCUT2D eigenvalue weighted by atomic mass is 10.0. The molecule has 2 aliphatic rings. The molecule has 0 aliphatic carbocycles. The zero-order chi connectivity index (χ0) is 15.3. The van der Waals surface area contributed by atoms with Crippen LogP contribution in [0.25, 0.3) is 5.57 Å². The summed E-state index contributed by atoms with van der Waals surface area (Å²) >= 11 is 0. The van der Waals surface area contributed by atoms with E-state index in [1.165, 1.54) is 24.3 Å². The molecule has 0 spiro atoms. The van der Waals surface area contributed by atoms with Crippen molar-refractivity contribution in [3.05, 3.63) is 35.9 Å². The fourth-order valence-electron chi connectivity index (χ4n) is 2.94. The molecule has 0 radical (unpaired) electrons. The molecule has 3 rings (SSSR count). The van der Waals surface area contributed by atoms with Crippen LogP contribution in [0, 0.1) is 0 Å². The third kappa shape index (κ3) is 2.79. The Kier molecular flexibility index (Phi) is 3.27. The molecule has 2 aliphatic heterocycles. The molecular formula is C14H13F3O3S. The van der Waals surface area contributed by atoms with E-state index in [1.807, 2.05) is 0 Å². The third-order valence-corrected chi connectivity index (χ3v) is 6.50. The summed E-state index contributed by atoms with van der Waals surface area (Å²) in [5.74, 6) is -0.279. The number of benzene rings is 1. The number of ether oxygens (including phenoxy) is 1. The molecule has 114 valence electrons. The summed E-state index contributed by atoms with van der Waals surface area (Å²) in [4.78, 5) is 0. The molecule has 2 heterocycles. The predicted octanol–water partition coefficient (Wildman–Crippen LogP) is 3.32. The van der Waals surface area contributed by atoms with Crippen LogP contribution >= 0.6 is 0 Å². The Labute approximate surface area is 120 Å². The first-order valence-corrected chi connectivity index (χ1v) is 8.16. The Morgan fingerprint density at radius 1 is 1.10 bits per heavy atom. The highest BCUT2D eigenvalue weighted by molar-refractivity contribution is 7.93. The molecule has 2 unspecified atom stereocenters. The highest BCUT2D eigenvalue weighted by Gasteiger charge is 2.43. The van der Waals surface area contributed by atoms with Crippen molar-refractivity contribution < 1.29 is 26.3 Å². The van der Waals surface area contributed by atoms with Gasteiger partial charge < -0.3 is 4.74 Å². The number of hydrogen-bond acceptors (Lipinski definition) is 3. The van der Waals surface area contributed by atoms with Crippen molar-refractivity contribution in [3.8, 4) is 5.75 Å². The molecule has 0 saturated carbocycles. The maximum absolute atomic E-state index is 12.1. The average molecular weight is 318 g/mol. The molecule has 3 nitrogen and oxygen atoms in total. The fourth-order valence-corrected chi connectivity index (χ4v) is 5.13. The van der Waals surface area contributed by atoms with Gasteiger partial charge in [0, 0.05) is 0 Å². The maximum Gasteiger partial charge on any atom is 0.573 e. The molecule has 1 aromatic rings. The van der Waals surface area contributed by atoms with E-state index in [9.17, 15) is 21.6 Å². The zero-order valence-electron chi connectivity index (χ0n) is 10.9. The van der Waals surface area contributed by atoms with Crippen LogP contribution in [-0.2, 0) is 9.84 Å². The Balaban J connectivity index is 1.83. The van der Waals surface area contributed by atoms with E-state index in [4.69, 9.17) is 0 Å². The van der Waals surface area contributed by atoms with Crippen LogP contribution in [0.4, 0.5) is 13.2 Å². The van der Waals surface area contributed by atoms with Crippen LogP contribution in [0.5, 0.6) is 5.75 Å². The SMILES string of the molecule is O=S1(=O)C2C=C(c3ccc(OC(F)(F)F)cc3)CC1CC2. The second kappa shape index (κ2) is 4.76. The normalized spacial score (nSPS) is 27.3. The van der Waals surface area contributed by atoms with Gasteiger partial charge in [0.2, 0.25) is 0 Å². The molecule has 1 aromatic carbocycles. The van der Waals surface area contributed by atoms with Gasteiger partial charge in [-0.05, 0) is 42.5 Å². The van der Waals surface area contributed by atoms with Crippen LogP contribution in [0.1, 0.15) is 24.8 Å². The van der Waals surface area contributed by atoms with Gasteiger partial charge in [-0.1, -0.05) is 18.2 Å².